The summed E-state index contributed by atoms with van der Waals surface area (Å²) in [5, 5.41) is 13.3. The van der Waals surface area contributed by atoms with Gasteiger partial charge in [-0.05, 0) is 15.9 Å². The van der Waals surface area contributed by atoms with Crippen LogP contribution in [0.5, 0.6) is 0 Å². The first-order chi connectivity index (χ1) is 9.61. The van der Waals surface area contributed by atoms with Gasteiger partial charge < -0.3 is 10.1 Å². The highest BCUT2D eigenvalue weighted by atomic mass is 79.9. The molecule has 0 spiro atoms. The Balaban J connectivity index is 2.14. The van der Waals surface area contributed by atoms with Gasteiger partial charge in [0.15, 0.2) is 0 Å². The molecular weight excluding hydrogens is 332 g/mol. The van der Waals surface area contributed by atoms with Crippen LogP contribution in [0.4, 0.5) is 5.69 Å². The van der Waals surface area contributed by atoms with Crippen LogP contribution in [0, 0.1) is 0 Å². The third-order valence-corrected chi connectivity index (χ3v) is 3.17. The number of aromatic nitrogens is 5. The lowest BCUT2D eigenvalue weighted by Gasteiger charge is -2.08. The number of carbonyl (C=O) groups is 1. The Bertz CT molecular complexity index is 654. The molecule has 0 saturated heterocycles. The van der Waals surface area contributed by atoms with E-state index in [0.717, 1.165) is 4.68 Å². The third-order valence-electron chi connectivity index (χ3n) is 2.40. The molecule has 0 aromatic carbocycles. The second kappa shape index (κ2) is 6.28. The van der Waals surface area contributed by atoms with Crippen LogP contribution in [0.15, 0.2) is 21.8 Å². The Morgan fingerprint density at radius 3 is 3.05 bits per heavy atom. The van der Waals surface area contributed by atoms with Gasteiger partial charge in [0.25, 0.3) is 5.56 Å². The lowest BCUT2D eigenvalue weighted by molar-refractivity contribution is -0.141. The highest BCUT2D eigenvalue weighted by molar-refractivity contribution is 9.10. The molecular formula is C10H11BrN6O3. The monoisotopic (exact) mass is 342 g/mol. The molecule has 2 aromatic rings. The molecule has 9 nitrogen and oxygen atoms in total. The van der Waals surface area contributed by atoms with Gasteiger partial charge in [-0.3, -0.25) is 14.7 Å². The van der Waals surface area contributed by atoms with Crippen LogP contribution < -0.4 is 10.9 Å². The van der Waals surface area contributed by atoms with E-state index in [2.05, 4.69) is 46.3 Å². The van der Waals surface area contributed by atoms with E-state index in [1.54, 1.807) is 0 Å². The second-order valence-electron chi connectivity index (χ2n) is 3.70. The smallest absolute Gasteiger partial charge is 0.327 e. The van der Waals surface area contributed by atoms with Crippen LogP contribution in [0.25, 0.3) is 0 Å². The molecule has 0 radical (unpaired) electrons. The maximum atomic E-state index is 12.0. The number of hydrogen-bond acceptors (Lipinski definition) is 7. The molecule has 0 amide bonds. The summed E-state index contributed by atoms with van der Waals surface area (Å²) in [6.07, 6.45) is 2.82. The molecule has 0 unspecified atom stereocenters. The maximum absolute atomic E-state index is 12.0. The SMILES string of the molecule is COC(=O)Cn1ncc(NCc2ncn[nH]2)c(Br)c1=O. The molecule has 106 valence electrons. The standard InChI is InChI=1S/C10H11BrN6O3/c1-20-8(18)4-17-10(19)9(11)6(2-15-17)12-3-7-13-5-14-16-7/h2,5,12H,3-4H2,1H3,(H,13,14,16). The van der Waals surface area contributed by atoms with Crippen molar-refractivity contribution in [3.05, 3.63) is 33.2 Å². The summed E-state index contributed by atoms with van der Waals surface area (Å²) in [6.45, 7) is 0.122. The zero-order valence-corrected chi connectivity index (χ0v) is 12.0. The van der Waals surface area contributed by atoms with E-state index in [9.17, 15) is 9.59 Å². The molecule has 0 saturated carbocycles. The van der Waals surface area contributed by atoms with E-state index in [4.69, 9.17) is 0 Å². The molecule has 20 heavy (non-hydrogen) atoms. The first-order valence-corrected chi connectivity index (χ1v) is 6.31. The number of halogens is 1. The number of esters is 1. The number of methoxy groups -OCH3 is 1. The Morgan fingerprint density at radius 1 is 1.60 bits per heavy atom. The lowest BCUT2D eigenvalue weighted by Crippen LogP contribution is -2.28. The molecule has 0 atom stereocenters. The normalized spacial score (nSPS) is 10.3. The molecule has 2 aromatic heterocycles. The van der Waals surface area contributed by atoms with Crippen LogP contribution in [0.3, 0.4) is 0 Å². The van der Waals surface area contributed by atoms with Crippen molar-refractivity contribution in [2.45, 2.75) is 13.1 Å². The first-order valence-electron chi connectivity index (χ1n) is 5.52. The van der Waals surface area contributed by atoms with Crippen molar-refractivity contribution >= 4 is 27.6 Å². The van der Waals surface area contributed by atoms with E-state index >= 15 is 0 Å². The van der Waals surface area contributed by atoms with E-state index < -0.39 is 11.5 Å². The van der Waals surface area contributed by atoms with Gasteiger partial charge in [0.1, 0.15) is 23.2 Å². The molecule has 2 heterocycles. The number of rotatable bonds is 5. The van der Waals surface area contributed by atoms with Crippen LogP contribution in [-0.2, 0) is 22.6 Å². The molecule has 0 fully saturated rings. The quantitative estimate of drug-likeness (QED) is 0.729. The highest BCUT2D eigenvalue weighted by Crippen LogP contribution is 2.16. The Morgan fingerprint density at radius 2 is 2.40 bits per heavy atom. The fourth-order valence-corrected chi connectivity index (χ4v) is 1.83. The van der Waals surface area contributed by atoms with Crippen LogP contribution in [-0.4, -0.2) is 38.0 Å². The minimum Gasteiger partial charge on any atom is -0.468 e. The van der Waals surface area contributed by atoms with E-state index in [1.807, 2.05) is 0 Å². The Kier molecular flexibility index (Phi) is 4.45. The van der Waals surface area contributed by atoms with Gasteiger partial charge in [-0.1, -0.05) is 0 Å². The summed E-state index contributed by atoms with van der Waals surface area (Å²) in [6, 6.07) is 0. The second-order valence-corrected chi connectivity index (χ2v) is 4.49. The predicted octanol–water partition coefficient (Wildman–Crippen LogP) is -0.0910. The molecule has 10 heteroatoms. The molecule has 0 bridgehead atoms. The first kappa shape index (κ1) is 14.2. The van der Waals surface area contributed by atoms with Crippen LogP contribution in [0.2, 0.25) is 0 Å². The van der Waals surface area contributed by atoms with Crippen molar-refractivity contribution < 1.29 is 9.53 Å². The topological polar surface area (TPSA) is 115 Å². The van der Waals surface area contributed by atoms with Gasteiger partial charge in [-0.15, -0.1) is 0 Å². The average molecular weight is 343 g/mol. The largest absolute Gasteiger partial charge is 0.468 e. The lowest BCUT2D eigenvalue weighted by atomic mass is 10.4. The number of ether oxygens (including phenoxy) is 1. The number of nitrogens with one attached hydrogen (secondary N) is 2. The van der Waals surface area contributed by atoms with Crippen molar-refractivity contribution in [1.29, 1.82) is 0 Å². The zero-order chi connectivity index (χ0) is 14.5. The summed E-state index contributed by atoms with van der Waals surface area (Å²) in [5.74, 6) is 0.0736. The number of nitrogens with zero attached hydrogens (tertiary/aromatic N) is 4. The number of H-pyrrole nitrogens is 1. The zero-order valence-electron chi connectivity index (χ0n) is 10.5. The number of anilines is 1. The number of aromatic amines is 1. The Hall–Kier alpha value is -2.23. The van der Waals surface area contributed by atoms with Gasteiger partial charge in [0, 0.05) is 0 Å². The van der Waals surface area contributed by atoms with E-state index in [1.165, 1.54) is 19.6 Å². The molecule has 2 rings (SSSR count). The third kappa shape index (κ3) is 3.20. The van der Waals surface area contributed by atoms with Crippen LogP contribution in [0.1, 0.15) is 5.82 Å². The number of carbonyl (C=O) groups excluding carboxylic acids is 1. The van der Waals surface area contributed by atoms with Gasteiger partial charge in [-0.2, -0.15) is 10.2 Å². The fourth-order valence-electron chi connectivity index (χ4n) is 1.38. The fraction of sp³-hybridized carbons (Fsp3) is 0.300. The number of hydrogen-bond donors (Lipinski definition) is 2. The van der Waals surface area contributed by atoms with E-state index in [-0.39, 0.29) is 11.0 Å². The maximum Gasteiger partial charge on any atom is 0.327 e. The molecule has 0 aliphatic carbocycles. The molecule has 0 aliphatic heterocycles. The van der Waals surface area contributed by atoms with Gasteiger partial charge in [0.2, 0.25) is 0 Å². The van der Waals surface area contributed by atoms with Crippen LogP contribution >= 0.6 is 15.9 Å². The average Bonchev–Trinajstić information content (AvgIpc) is 2.96. The molecule has 0 aliphatic rings. The summed E-state index contributed by atoms with van der Waals surface area (Å²) >= 11 is 3.17. The van der Waals surface area contributed by atoms with Crippen molar-refractivity contribution in [3.63, 3.8) is 0 Å². The summed E-state index contributed by atoms with van der Waals surface area (Å²) in [7, 11) is 1.25. The summed E-state index contributed by atoms with van der Waals surface area (Å²) in [4.78, 5) is 27.1. The van der Waals surface area contributed by atoms with Gasteiger partial charge in [-0.25, -0.2) is 9.67 Å². The summed E-state index contributed by atoms with van der Waals surface area (Å²) in [5.41, 5.74) is 0.0606. The van der Waals surface area contributed by atoms with Crippen molar-refractivity contribution in [1.82, 2.24) is 25.0 Å². The van der Waals surface area contributed by atoms with Crippen molar-refractivity contribution in [2.75, 3.05) is 12.4 Å². The minimum atomic E-state index is -0.547. The van der Waals surface area contributed by atoms with Crippen molar-refractivity contribution in [3.8, 4) is 0 Å². The molecule has 2 N–H and O–H groups in total. The van der Waals surface area contributed by atoms with E-state index in [0.29, 0.717) is 18.1 Å². The Labute approximate surface area is 121 Å². The highest BCUT2D eigenvalue weighted by Gasteiger charge is 2.11. The minimum absolute atomic E-state index is 0.240. The predicted molar refractivity (Wildman–Crippen MR) is 71.9 cm³/mol. The van der Waals surface area contributed by atoms with Gasteiger partial charge in [0.05, 0.1) is 25.5 Å². The van der Waals surface area contributed by atoms with Crippen molar-refractivity contribution in [2.24, 2.45) is 0 Å². The summed E-state index contributed by atoms with van der Waals surface area (Å²) < 4.78 is 5.77. The van der Waals surface area contributed by atoms with Gasteiger partial charge >= 0.3 is 5.97 Å².